The van der Waals surface area contributed by atoms with Crippen molar-refractivity contribution in [2.75, 3.05) is 37.3 Å². The van der Waals surface area contributed by atoms with Crippen LogP contribution in [0.5, 0.6) is 5.75 Å². The molecule has 0 spiro atoms. The Bertz CT molecular complexity index is 752. The number of benzene rings is 1. The summed E-state index contributed by atoms with van der Waals surface area (Å²) in [6.45, 7) is 2.13. The minimum Gasteiger partial charge on any atom is -0.508 e. The third-order valence-electron chi connectivity index (χ3n) is 3.90. The summed E-state index contributed by atoms with van der Waals surface area (Å²) in [4.78, 5) is 19.9. The van der Waals surface area contributed by atoms with E-state index in [-0.39, 0.29) is 11.7 Å². The molecular formula is C18H22Cl2N4O2. The summed E-state index contributed by atoms with van der Waals surface area (Å²) in [6, 6.07) is 7.92. The fraction of sp³-hybridized carbons (Fsp3) is 0.333. The van der Waals surface area contributed by atoms with E-state index in [4.69, 9.17) is 34.0 Å². The Labute approximate surface area is 163 Å². The van der Waals surface area contributed by atoms with Gasteiger partial charge in [-0.15, -0.1) is 0 Å². The zero-order chi connectivity index (χ0) is 19.1. The van der Waals surface area contributed by atoms with E-state index in [0.29, 0.717) is 22.3 Å². The maximum Gasteiger partial charge on any atom is 0.242 e. The smallest absolute Gasteiger partial charge is 0.242 e. The molecule has 0 radical (unpaired) electrons. The summed E-state index contributed by atoms with van der Waals surface area (Å²) in [5.74, 6) is 1.02. The lowest BCUT2D eigenvalue weighted by atomic mass is 10.3. The van der Waals surface area contributed by atoms with E-state index >= 15 is 0 Å². The zero-order valence-corrected chi connectivity index (χ0v) is 16.0. The van der Waals surface area contributed by atoms with E-state index in [1.165, 1.54) is 12.1 Å². The number of hydrogen-bond donors (Lipinski definition) is 2. The maximum absolute atomic E-state index is 11.9. The van der Waals surface area contributed by atoms with Gasteiger partial charge < -0.3 is 20.6 Å². The molecule has 1 saturated heterocycles. The van der Waals surface area contributed by atoms with Crippen LogP contribution in [0.3, 0.4) is 0 Å². The molecule has 0 aliphatic carbocycles. The topological polar surface area (TPSA) is 82.7 Å². The third kappa shape index (κ3) is 5.97. The van der Waals surface area contributed by atoms with Crippen LogP contribution in [0.15, 0.2) is 36.5 Å². The summed E-state index contributed by atoms with van der Waals surface area (Å²) in [5.41, 5.74) is 6.35. The Morgan fingerprint density at radius 2 is 1.92 bits per heavy atom. The molecule has 2 heterocycles. The number of nitrogen functional groups attached to an aromatic ring is 1. The number of phenolic OH excluding ortho intramolecular Hbond substituents is 1. The number of phenols is 1. The van der Waals surface area contributed by atoms with Gasteiger partial charge in [-0.1, -0.05) is 23.2 Å². The van der Waals surface area contributed by atoms with Crippen LogP contribution < -0.4 is 10.6 Å². The number of likely N-dealkylation sites (N-methyl/N-ethyl adjacent to an activating group) is 1. The summed E-state index contributed by atoms with van der Waals surface area (Å²) in [6.07, 6.45) is 3.89. The van der Waals surface area contributed by atoms with Gasteiger partial charge in [0.15, 0.2) is 0 Å². The highest BCUT2D eigenvalue weighted by Crippen LogP contribution is 2.25. The van der Waals surface area contributed by atoms with E-state index in [1.807, 2.05) is 16.8 Å². The van der Waals surface area contributed by atoms with E-state index < -0.39 is 0 Å². The molecule has 26 heavy (non-hydrogen) atoms. The van der Waals surface area contributed by atoms with Crippen molar-refractivity contribution in [2.24, 2.45) is 0 Å². The molecule has 0 bridgehead atoms. The van der Waals surface area contributed by atoms with Crippen molar-refractivity contribution >= 4 is 40.6 Å². The fourth-order valence-electron chi connectivity index (χ4n) is 2.48. The first-order valence-electron chi connectivity index (χ1n) is 8.21. The minimum atomic E-state index is 0.129. The summed E-state index contributed by atoms with van der Waals surface area (Å²) in [7, 11) is 1.86. The van der Waals surface area contributed by atoms with Gasteiger partial charge in [-0.25, -0.2) is 4.98 Å². The second-order valence-corrected chi connectivity index (χ2v) is 6.80. The molecule has 3 N–H and O–H groups in total. The molecule has 1 aromatic heterocycles. The molecule has 3 rings (SSSR count). The van der Waals surface area contributed by atoms with Crippen LogP contribution in [0.1, 0.15) is 12.8 Å². The van der Waals surface area contributed by atoms with E-state index in [1.54, 1.807) is 24.4 Å². The Hall–Kier alpha value is -2.18. The predicted octanol–water partition coefficient (Wildman–Crippen LogP) is 3.42. The number of rotatable bonds is 3. The molecule has 140 valence electrons. The molecule has 2 aromatic rings. The van der Waals surface area contributed by atoms with Crippen molar-refractivity contribution in [3.63, 3.8) is 0 Å². The summed E-state index contributed by atoms with van der Waals surface area (Å²) < 4.78 is 0. The summed E-state index contributed by atoms with van der Waals surface area (Å²) >= 11 is 11.1. The Balaban J connectivity index is 0.000000228. The van der Waals surface area contributed by atoms with Gasteiger partial charge in [-0.3, -0.25) is 4.79 Å². The van der Waals surface area contributed by atoms with Crippen LogP contribution in [0.25, 0.3) is 0 Å². The number of likely N-dealkylation sites (tertiary alicyclic amines) is 1. The first kappa shape index (κ1) is 20.1. The highest BCUT2D eigenvalue weighted by atomic mass is 35.5. The lowest BCUT2D eigenvalue weighted by molar-refractivity contribution is -0.128. The number of halogens is 2. The van der Waals surface area contributed by atoms with Crippen LogP contribution in [0.2, 0.25) is 10.0 Å². The van der Waals surface area contributed by atoms with Crippen molar-refractivity contribution in [1.29, 1.82) is 0 Å². The maximum atomic E-state index is 11.9. The molecule has 8 heteroatoms. The average molecular weight is 397 g/mol. The van der Waals surface area contributed by atoms with Crippen LogP contribution in [-0.2, 0) is 4.79 Å². The van der Waals surface area contributed by atoms with Gasteiger partial charge in [0.1, 0.15) is 11.6 Å². The first-order valence-corrected chi connectivity index (χ1v) is 8.97. The number of aromatic nitrogens is 1. The number of nitrogens with two attached hydrogens (primary N) is 1. The molecular weight excluding hydrogens is 375 g/mol. The highest BCUT2D eigenvalue weighted by molar-refractivity contribution is 6.42. The predicted molar refractivity (Wildman–Crippen MR) is 106 cm³/mol. The van der Waals surface area contributed by atoms with Crippen molar-refractivity contribution in [1.82, 2.24) is 9.88 Å². The minimum absolute atomic E-state index is 0.129. The zero-order valence-electron chi connectivity index (χ0n) is 14.5. The molecule has 0 atom stereocenters. The first-order chi connectivity index (χ1) is 12.4. The SMILES string of the molecule is CN(CC(=O)N1CCCC1)c1cc(N)ccn1.Oc1ccc(Cl)c(Cl)c1. The largest absolute Gasteiger partial charge is 0.508 e. The molecule has 1 aliphatic heterocycles. The Morgan fingerprint density at radius 1 is 1.23 bits per heavy atom. The molecule has 1 aliphatic rings. The Morgan fingerprint density at radius 3 is 2.50 bits per heavy atom. The van der Waals surface area contributed by atoms with E-state index in [0.717, 1.165) is 31.7 Å². The molecule has 1 amide bonds. The molecule has 0 saturated carbocycles. The number of carbonyl (C=O) groups excluding carboxylic acids is 1. The fourth-order valence-corrected chi connectivity index (χ4v) is 2.77. The van der Waals surface area contributed by atoms with Gasteiger partial charge in [-0.05, 0) is 37.1 Å². The van der Waals surface area contributed by atoms with Crippen molar-refractivity contribution in [2.45, 2.75) is 12.8 Å². The lowest BCUT2D eigenvalue weighted by Gasteiger charge is -2.22. The summed E-state index contributed by atoms with van der Waals surface area (Å²) in [5, 5.41) is 9.62. The van der Waals surface area contributed by atoms with Crippen LogP contribution in [0, 0.1) is 0 Å². The standard InChI is InChI=1S/C12H18N4O.C6H4Cl2O/c1-15(11-8-10(13)4-5-14-11)9-12(17)16-6-2-3-7-16;7-5-2-1-4(9)3-6(5)8/h4-5,8H,2-3,6-7,9H2,1H3,(H2,13,14);1-3,9H. The van der Waals surface area contributed by atoms with Gasteiger partial charge in [0.2, 0.25) is 5.91 Å². The quantitative estimate of drug-likeness (QED) is 0.830. The average Bonchev–Trinajstić information content (AvgIpc) is 3.14. The number of pyridine rings is 1. The highest BCUT2D eigenvalue weighted by Gasteiger charge is 2.19. The number of hydrogen-bond acceptors (Lipinski definition) is 5. The number of carbonyl (C=O) groups is 1. The molecule has 1 aromatic carbocycles. The molecule has 6 nitrogen and oxygen atoms in total. The van der Waals surface area contributed by atoms with Gasteiger partial charge in [0, 0.05) is 38.1 Å². The lowest BCUT2D eigenvalue weighted by Crippen LogP contribution is -2.37. The third-order valence-corrected chi connectivity index (χ3v) is 4.63. The van der Waals surface area contributed by atoms with Crippen LogP contribution in [-0.4, -0.2) is 47.6 Å². The molecule has 1 fully saturated rings. The number of aromatic hydroxyl groups is 1. The van der Waals surface area contributed by atoms with Crippen molar-refractivity contribution < 1.29 is 9.90 Å². The van der Waals surface area contributed by atoms with Crippen molar-refractivity contribution in [3.05, 3.63) is 46.6 Å². The van der Waals surface area contributed by atoms with E-state index in [2.05, 4.69) is 4.98 Å². The molecule has 0 unspecified atom stereocenters. The number of nitrogens with zero attached hydrogens (tertiary/aromatic N) is 3. The number of amides is 1. The van der Waals surface area contributed by atoms with E-state index in [9.17, 15) is 4.79 Å². The Kier molecular flexibility index (Phi) is 7.36. The number of anilines is 2. The van der Waals surface area contributed by atoms with Crippen molar-refractivity contribution in [3.8, 4) is 5.75 Å². The second-order valence-electron chi connectivity index (χ2n) is 5.99. The monoisotopic (exact) mass is 396 g/mol. The van der Waals surface area contributed by atoms with Gasteiger partial charge in [0.25, 0.3) is 0 Å². The van der Waals surface area contributed by atoms with Crippen LogP contribution >= 0.6 is 23.2 Å². The van der Waals surface area contributed by atoms with Crippen LogP contribution in [0.4, 0.5) is 11.5 Å². The normalized spacial score (nSPS) is 13.1. The van der Waals surface area contributed by atoms with Gasteiger partial charge in [-0.2, -0.15) is 0 Å². The van der Waals surface area contributed by atoms with Gasteiger partial charge >= 0.3 is 0 Å². The van der Waals surface area contributed by atoms with Gasteiger partial charge in [0.05, 0.1) is 16.6 Å². The second kappa shape index (κ2) is 9.50.